The van der Waals surface area contributed by atoms with Gasteiger partial charge in [-0.3, -0.25) is 9.59 Å². The SMILES string of the molecule is COc1ccc(N(C)c2ccc3c(c2)NC(=O)C3=O)cc1. The normalized spacial score (nSPS) is 12.9. The zero-order valence-corrected chi connectivity index (χ0v) is 11.7. The first-order chi connectivity index (χ1) is 10.1. The summed E-state index contributed by atoms with van der Waals surface area (Å²) in [4.78, 5) is 24.9. The van der Waals surface area contributed by atoms with Gasteiger partial charge in [0.25, 0.3) is 11.7 Å². The number of ketones is 1. The highest BCUT2D eigenvalue weighted by Crippen LogP contribution is 2.31. The van der Waals surface area contributed by atoms with Crippen molar-refractivity contribution in [3.8, 4) is 5.75 Å². The van der Waals surface area contributed by atoms with Crippen LogP contribution in [0.15, 0.2) is 42.5 Å². The van der Waals surface area contributed by atoms with Gasteiger partial charge in [-0.1, -0.05) is 0 Å². The Labute approximate surface area is 122 Å². The van der Waals surface area contributed by atoms with Crippen LogP contribution in [0.5, 0.6) is 5.75 Å². The van der Waals surface area contributed by atoms with Gasteiger partial charge in [-0.25, -0.2) is 0 Å². The van der Waals surface area contributed by atoms with Gasteiger partial charge in [0.05, 0.1) is 18.4 Å². The van der Waals surface area contributed by atoms with Gasteiger partial charge in [0.15, 0.2) is 0 Å². The Hall–Kier alpha value is -2.82. The van der Waals surface area contributed by atoms with Gasteiger partial charge in [0.2, 0.25) is 0 Å². The molecule has 0 spiro atoms. The Morgan fingerprint density at radius 1 is 1.00 bits per heavy atom. The van der Waals surface area contributed by atoms with Gasteiger partial charge < -0.3 is 15.0 Å². The molecule has 106 valence electrons. The lowest BCUT2D eigenvalue weighted by Gasteiger charge is -2.20. The largest absolute Gasteiger partial charge is 0.497 e. The van der Waals surface area contributed by atoms with Gasteiger partial charge in [0, 0.05) is 18.4 Å². The highest BCUT2D eigenvalue weighted by atomic mass is 16.5. The summed E-state index contributed by atoms with van der Waals surface area (Å²) in [7, 11) is 3.54. The van der Waals surface area contributed by atoms with Crippen LogP contribution >= 0.6 is 0 Å². The van der Waals surface area contributed by atoms with Crippen LogP contribution in [-0.2, 0) is 4.79 Å². The van der Waals surface area contributed by atoms with Crippen molar-refractivity contribution in [2.75, 3.05) is 24.4 Å². The Morgan fingerprint density at radius 2 is 1.67 bits per heavy atom. The number of benzene rings is 2. The predicted octanol–water partition coefficient (Wildman–Crippen LogP) is 2.60. The molecule has 0 bridgehead atoms. The minimum absolute atomic E-state index is 0.423. The summed E-state index contributed by atoms with van der Waals surface area (Å²) in [5.41, 5.74) is 2.84. The molecule has 1 heterocycles. The molecule has 0 fully saturated rings. The van der Waals surface area contributed by atoms with Crippen molar-refractivity contribution < 1.29 is 14.3 Å². The molecule has 5 heteroatoms. The summed E-state index contributed by atoms with van der Waals surface area (Å²) >= 11 is 0. The Balaban J connectivity index is 1.92. The van der Waals surface area contributed by atoms with Crippen LogP contribution in [0.2, 0.25) is 0 Å². The fourth-order valence-electron chi connectivity index (χ4n) is 2.30. The molecule has 1 amide bonds. The number of methoxy groups -OCH3 is 1. The molecule has 1 N–H and O–H groups in total. The third-order valence-corrected chi connectivity index (χ3v) is 3.55. The number of Topliss-reactive ketones (excluding diaryl/α,β-unsaturated/α-hetero) is 1. The van der Waals surface area contributed by atoms with Crippen LogP contribution in [-0.4, -0.2) is 25.8 Å². The summed E-state index contributed by atoms with van der Waals surface area (Å²) in [6.45, 7) is 0. The zero-order chi connectivity index (χ0) is 15.0. The average Bonchev–Trinajstić information content (AvgIpc) is 2.81. The van der Waals surface area contributed by atoms with Crippen molar-refractivity contribution in [3.05, 3.63) is 48.0 Å². The van der Waals surface area contributed by atoms with E-state index in [9.17, 15) is 9.59 Å². The van der Waals surface area contributed by atoms with E-state index in [1.54, 1.807) is 19.2 Å². The molecule has 0 saturated heterocycles. The highest BCUT2D eigenvalue weighted by molar-refractivity contribution is 6.51. The van der Waals surface area contributed by atoms with Crippen molar-refractivity contribution in [1.82, 2.24) is 0 Å². The molecule has 0 aromatic heterocycles. The number of ether oxygens (including phenoxy) is 1. The molecule has 3 rings (SSSR count). The first kappa shape index (κ1) is 13.2. The summed E-state index contributed by atoms with van der Waals surface area (Å²) in [6.07, 6.45) is 0. The molecular weight excluding hydrogens is 268 g/mol. The van der Waals surface area contributed by atoms with Gasteiger partial charge in [-0.2, -0.15) is 0 Å². The maximum atomic E-state index is 11.6. The van der Waals surface area contributed by atoms with Gasteiger partial charge >= 0.3 is 0 Å². The number of rotatable bonds is 3. The van der Waals surface area contributed by atoms with E-state index in [1.165, 1.54) is 0 Å². The second kappa shape index (κ2) is 4.94. The van der Waals surface area contributed by atoms with Crippen molar-refractivity contribution >= 4 is 28.8 Å². The third kappa shape index (κ3) is 2.23. The Bertz CT molecular complexity index is 723. The molecule has 2 aromatic carbocycles. The van der Waals surface area contributed by atoms with Crippen molar-refractivity contribution in [3.63, 3.8) is 0 Å². The molecular formula is C16H14N2O3. The van der Waals surface area contributed by atoms with Crippen molar-refractivity contribution in [2.24, 2.45) is 0 Å². The first-order valence-electron chi connectivity index (χ1n) is 6.47. The zero-order valence-electron chi connectivity index (χ0n) is 11.7. The number of fused-ring (bicyclic) bond motifs is 1. The van der Waals surface area contributed by atoms with Gasteiger partial charge in [0.1, 0.15) is 5.75 Å². The van der Waals surface area contributed by atoms with Gasteiger partial charge in [-0.05, 0) is 42.5 Å². The lowest BCUT2D eigenvalue weighted by molar-refractivity contribution is -0.112. The van der Waals surface area contributed by atoms with Gasteiger partial charge in [-0.15, -0.1) is 0 Å². The number of nitrogens with zero attached hydrogens (tertiary/aromatic N) is 1. The van der Waals surface area contributed by atoms with Crippen LogP contribution < -0.4 is 15.0 Å². The van der Waals surface area contributed by atoms with E-state index in [4.69, 9.17) is 4.74 Å². The molecule has 0 unspecified atom stereocenters. The lowest BCUT2D eigenvalue weighted by atomic mass is 10.1. The fraction of sp³-hybridized carbons (Fsp3) is 0.125. The van der Waals surface area contributed by atoms with Crippen molar-refractivity contribution in [1.29, 1.82) is 0 Å². The van der Waals surface area contributed by atoms with E-state index >= 15 is 0 Å². The Morgan fingerprint density at radius 3 is 2.33 bits per heavy atom. The lowest BCUT2D eigenvalue weighted by Crippen LogP contribution is -2.12. The van der Waals surface area contributed by atoms with Crippen LogP contribution in [0.1, 0.15) is 10.4 Å². The molecule has 0 saturated carbocycles. The molecule has 2 aromatic rings. The van der Waals surface area contributed by atoms with Crippen LogP contribution in [0.3, 0.4) is 0 Å². The molecule has 1 aliphatic heterocycles. The molecule has 21 heavy (non-hydrogen) atoms. The fourth-order valence-corrected chi connectivity index (χ4v) is 2.30. The second-order valence-electron chi connectivity index (χ2n) is 4.77. The van der Waals surface area contributed by atoms with E-state index in [2.05, 4.69) is 5.32 Å². The second-order valence-corrected chi connectivity index (χ2v) is 4.77. The van der Waals surface area contributed by atoms with Crippen LogP contribution in [0, 0.1) is 0 Å². The molecule has 0 atom stereocenters. The summed E-state index contributed by atoms with van der Waals surface area (Å²) in [5.74, 6) is -0.267. The first-order valence-corrected chi connectivity index (χ1v) is 6.47. The number of nitrogens with one attached hydrogen (secondary N) is 1. The average molecular weight is 282 g/mol. The molecule has 1 aliphatic rings. The monoisotopic (exact) mass is 282 g/mol. The number of amides is 1. The number of carbonyl (C=O) groups excluding carboxylic acids is 2. The number of anilines is 3. The van der Waals surface area contributed by atoms with E-state index in [1.807, 2.05) is 42.3 Å². The number of hydrogen-bond donors (Lipinski definition) is 1. The molecule has 0 radical (unpaired) electrons. The van der Waals surface area contributed by atoms with Crippen molar-refractivity contribution in [2.45, 2.75) is 0 Å². The topological polar surface area (TPSA) is 58.6 Å². The van der Waals surface area contributed by atoms with E-state index in [0.29, 0.717) is 11.3 Å². The standard InChI is InChI=1S/C16H14N2O3/c1-18(10-3-6-12(21-2)7-4-10)11-5-8-13-14(9-11)17-16(20)15(13)19/h3-9H,1-2H3,(H,17,19,20). The van der Waals surface area contributed by atoms with Crippen LogP contribution in [0.25, 0.3) is 0 Å². The maximum Gasteiger partial charge on any atom is 0.296 e. The minimum atomic E-state index is -0.575. The van der Waals surface area contributed by atoms with E-state index in [-0.39, 0.29) is 0 Å². The predicted molar refractivity (Wildman–Crippen MR) is 80.5 cm³/mol. The third-order valence-electron chi connectivity index (χ3n) is 3.55. The van der Waals surface area contributed by atoms with E-state index in [0.717, 1.165) is 17.1 Å². The molecule has 0 aliphatic carbocycles. The van der Waals surface area contributed by atoms with Crippen LogP contribution in [0.4, 0.5) is 17.1 Å². The highest BCUT2D eigenvalue weighted by Gasteiger charge is 2.28. The maximum absolute atomic E-state index is 11.6. The summed E-state index contributed by atoms with van der Waals surface area (Å²) in [6, 6.07) is 12.9. The van der Waals surface area contributed by atoms with E-state index < -0.39 is 11.7 Å². The summed E-state index contributed by atoms with van der Waals surface area (Å²) < 4.78 is 5.14. The smallest absolute Gasteiger partial charge is 0.296 e. The number of carbonyl (C=O) groups is 2. The molecule has 5 nitrogen and oxygen atoms in total. The Kier molecular flexibility index (Phi) is 3.10. The quantitative estimate of drug-likeness (QED) is 0.879. The number of hydrogen-bond acceptors (Lipinski definition) is 4. The summed E-state index contributed by atoms with van der Waals surface area (Å²) in [5, 5.41) is 2.58. The minimum Gasteiger partial charge on any atom is -0.497 e.